The molecule has 0 bridgehead atoms. The standard InChI is InChI=1S/C28H24FNO4/c1-2-34-26(31)22(17-20-9-5-3-6-10-20)15-16-28(33)24-18-23(29)13-14-25(24)30(27(28)32)19-21-11-7-4-8-12-21/h3-14,16,18,33H,2,17,19H2,1H3. The number of nitrogens with zero attached hydrogens (tertiary/aromatic N) is 1. The Morgan fingerprint density at radius 3 is 2.35 bits per heavy atom. The summed E-state index contributed by atoms with van der Waals surface area (Å²) in [5.41, 5.74) is 2.97. The molecule has 1 atom stereocenters. The second-order valence-corrected chi connectivity index (χ2v) is 7.95. The summed E-state index contributed by atoms with van der Waals surface area (Å²) in [7, 11) is 0. The lowest BCUT2D eigenvalue weighted by Crippen LogP contribution is -2.38. The summed E-state index contributed by atoms with van der Waals surface area (Å²) < 4.78 is 19.3. The van der Waals surface area contributed by atoms with Crippen LogP contribution in [0.15, 0.2) is 96.2 Å². The van der Waals surface area contributed by atoms with Crippen LogP contribution in [0.25, 0.3) is 0 Å². The quantitative estimate of drug-likeness (QED) is 0.324. The average Bonchev–Trinajstić information content (AvgIpc) is 3.05. The van der Waals surface area contributed by atoms with Crippen LogP contribution in [0, 0.1) is 5.82 Å². The lowest BCUT2D eigenvalue weighted by Gasteiger charge is -2.20. The highest BCUT2D eigenvalue weighted by Crippen LogP contribution is 2.42. The minimum absolute atomic E-state index is 0.101. The van der Waals surface area contributed by atoms with Crippen molar-refractivity contribution in [3.63, 3.8) is 0 Å². The summed E-state index contributed by atoms with van der Waals surface area (Å²) >= 11 is 0. The van der Waals surface area contributed by atoms with Crippen molar-refractivity contribution in [2.75, 3.05) is 11.5 Å². The zero-order chi connectivity index (χ0) is 24.1. The maximum absolute atomic E-state index is 14.1. The first-order chi connectivity index (χ1) is 16.4. The van der Waals surface area contributed by atoms with E-state index in [-0.39, 0.29) is 30.7 Å². The maximum atomic E-state index is 14.1. The highest BCUT2D eigenvalue weighted by atomic mass is 19.1. The molecular formula is C28H24FNO4. The van der Waals surface area contributed by atoms with E-state index in [0.717, 1.165) is 23.3 Å². The minimum Gasteiger partial charge on any atom is -0.462 e. The summed E-state index contributed by atoms with van der Waals surface area (Å²) in [6.45, 7) is 2.06. The predicted octanol–water partition coefficient (Wildman–Crippen LogP) is 4.45. The number of carbonyl (C=O) groups excluding carboxylic acids is 2. The molecule has 6 heteroatoms. The Morgan fingerprint density at radius 2 is 1.71 bits per heavy atom. The van der Waals surface area contributed by atoms with Crippen LogP contribution in [0.1, 0.15) is 23.6 Å². The normalized spacial score (nSPS) is 16.6. The molecule has 172 valence electrons. The number of hydrogen-bond acceptors (Lipinski definition) is 4. The first-order valence-electron chi connectivity index (χ1n) is 11.0. The van der Waals surface area contributed by atoms with Crippen molar-refractivity contribution < 1.29 is 23.8 Å². The molecule has 0 aliphatic carbocycles. The zero-order valence-corrected chi connectivity index (χ0v) is 18.7. The molecule has 1 aliphatic rings. The summed E-state index contributed by atoms with van der Waals surface area (Å²) in [6.07, 6.45) is 1.33. The monoisotopic (exact) mass is 457 g/mol. The Bertz CT molecular complexity index is 1270. The summed E-state index contributed by atoms with van der Waals surface area (Å²) in [5.74, 6) is -1.83. The number of fused-ring (bicyclic) bond motifs is 1. The topological polar surface area (TPSA) is 66.8 Å². The van der Waals surface area contributed by atoms with Crippen molar-refractivity contribution in [1.82, 2.24) is 0 Å². The molecule has 1 heterocycles. The van der Waals surface area contributed by atoms with Gasteiger partial charge in [-0.15, -0.1) is 5.73 Å². The van der Waals surface area contributed by atoms with Gasteiger partial charge in [0.1, 0.15) is 5.82 Å². The van der Waals surface area contributed by atoms with E-state index in [1.807, 2.05) is 60.7 Å². The van der Waals surface area contributed by atoms with E-state index in [9.17, 15) is 19.1 Å². The number of halogens is 1. The number of anilines is 1. The molecule has 3 aromatic carbocycles. The smallest absolute Gasteiger partial charge is 0.342 e. The van der Waals surface area contributed by atoms with Gasteiger partial charge in [-0.2, -0.15) is 0 Å². The van der Waals surface area contributed by atoms with Gasteiger partial charge in [0, 0.05) is 18.1 Å². The van der Waals surface area contributed by atoms with E-state index in [1.54, 1.807) is 6.92 Å². The van der Waals surface area contributed by atoms with Crippen LogP contribution in [-0.4, -0.2) is 23.6 Å². The Morgan fingerprint density at radius 1 is 1.06 bits per heavy atom. The first kappa shape index (κ1) is 23.2. The molecule has 0 fully saturated rings. The third kappa shape index (κ3) is 4.69. The van der Waals surface area contributed by atoms with Crippen LogP contribution in [0.3, 0.4) is 0 Å². The molecule has 0 radical (unpaired) electrons. The van der Waals surface area contributed by atoms with E-state index >= 15 is 0 Å². The molecule has 1 unspecified atom stereocenters. The lowest BCUT2D eigenvalue weighted by atomic mass is 9.94. The first-order valence-corrected chi connectivity index (χ1v) is 11.0. The van der Waals surface area contributed by atoms with Gasteiger partial charge < -0.3 is 14.7 Å². The van der Waals surface area contributed by atoms with Gasteiger partial charge in [-0.3, -0.25) is 4.79 Å². The largest absolute Gasteiger partial charge is 0.462 e. The van der Waals surface area contributed by atoms with Gasteiger partial charge in [0.15, 0.2) is 5.60 Å². The van der Waals surface area contributed by atoms with Gasteiger partial charge in [-0.1, -0.05) is 60.7 Å². The van der Waals surface area contributed by atoms with Gasteiger partial charge >= 0.3 is 5.97 Å². The molecule has 1 aliphatic heterocycles. The molecule has 4 rings (SSSR count). The zero-order valence-electron chi connectivity index (χ0n) is 18.7. The van der Waals surface area contributed by atoms with Crippen molar-refractivity contribution in [3.05, 3.63) is 119 Å². The van der Waals surface area contributed by atoms with Crippen LogP contribution in [-0.2, 0) is 32.9 Å². The summed E-state index contributed by atoms with van der Waals surface area (Å²) in [6, 6.07) is 22.4. The number of amides is 1. The number of benzene rings is 3. The summed E-state index contributed by atoms with van der Waals surface area (Å²) in [5, 5.41) is 11.5. The Kier molecular flexibility index (Phi) is 6.73. The molecule has 34 heavy (non-hydrogen) atoms. The molecule has 0 spiro atoms. The van der Waals surface area contributed by atoms with Crippen molar-refractivity contribution >= 4 is 17.6 Å². The fourth-order valence-corrected chi connectivity index (χ4v) is 3.93. The van der Waals surface area contributed by atoms with Crippen LogP contribution in [0.2, 0.25) is 0 Å². The molecule has 1 amide bonds. The van der Waals surface area contributed by atoms with Crippen molar-refractivity contribution in [2.45, 2.75) is 25.5 Å². The number of hydrogen-bond donors (Lipinski definition) is 1. The van der Waals surface area contributed by atoms with Gasteiger partial charge in [0.25, 0.3) is 5.91 Å². The Balaban J connectivity index is 1.77. The number of rotatable bonds is 7. The third-order valence-electron chi connectivity index (χ3n) is 5.62. The SMILES string of the molecule is CCOC(=O)C(=C=CC1(O)C(=O)N(Cc2ccccc2)c2ccc(F)cc21)Cc1ccccc1. The molecule has 0 saturated heterocycles. The van der Waals surface area contributed by atoms with Crippen LogP contribution in [0.5, 0.6) is 0 Å². The lowest BCUT2D eigenvalue weighted by molar-refractivity contribution is -0.138. The van der Waals surface area contributed by atoms with E-state index in [0.29, 0.717) is 5.69 Å². The highest BCUT2D eigenvalue weighted by Gasteiger charge is 2.48. The highest BCUT2D eigenvalue weighted by molar-refractivity contribution is 6.08. The van der Waals surface area contributed by atoms with E-state index < -0.39 is 23.3 Å². The van der Waals surface area contributed by atoms with Gasteiger partial charge in [-0.05, 0) is 36.2 Å². The van der Waals surface area contributed by atoms with Gasteiger partial charge in [0.05, 0.1) is 24.4 Å². The predicted molar refractivity (Wildman–Crippen MR) is 126 cm³/mol. The maximum Gasteiger partial charge on any atom is 0.342 e. The Hall–Kier alpha value is -3.99. The van der Waals surface area contributed by atoms with E-state index in [1.165, 1.54) is 17.0 Å². The van der Waals surface area contributed by atoms with Crippen LogP contribution >= 0.6 is 0 Å². The molecule has 0 saturated carbocycles. The number of carbonyl (C=O) groups is 2. The number of aliphatic hydroxyl groups is 1. The van der Waals surface area contributed by atoms with Gasteiger partial charge in [-0.25, -0.2) is 9.18 Å². The molecule has 0 aromatic heterocycles. The van der Waals surface area contributed by atoms with Gasteiger partial charge in [0.2, 0.25) is 0 Å². The molecular weight excluding hydrogens is 433 g/mol. The molecule has 3 aromatic rings. The fraction of sp³-hybridized carbons (Fsp3) is 0.179. The third-order valence-corrected chi connectivity index (χ3v) is 5.62. The summed E-state index contributed by atoms with van der Waals surface area (Å²) in [4.78, 5) is 27.4. The van der Waals surface area contributed by atoms with Crippen LogP contribution in [0.4, 0.5) is 10.1 Å². The number of esters is 1. The van der Waals surface area contributed by atoms with Crippen LogP contribution < -0.4 is 4.90 Å². The fourth-order valence-electron chi connectivity index (χ4n) is 3.93. The minimum atomic E-state index is -2.18. The van der Waals surface area contributed by atoms with Crippen molar-refractivity contribution in [2.24, 2.45) is 0 Å². The average molecular weight is 458 g/mol. The Labute approximate surface area is 197 Å². The number of ether oxygens (including phenoxy) is 1. The molecule has 1 N–H and O–H groups in total. The van der Waals surface area contributed by atoms with Crippen molar-refractivity contribution in [3.8, 4) is 0 Å². The molecule has 5 nitrogen and oxygen atoms in total. The second-order valence-electron chi connectivity index (χ2n) is 7.95. The second kappa shape index (κ2) is 9.87. The van der Waals surface area contributed by atoms with E-state index in [2.05, 4.69) is 5.73 Å². The van der Waals surface area contributed by atoms with Crippen molar-refractivity contribution in [1.29, 1.82) is 0 Å². The van der Waals surface area contributed by atoms with E-state index in [4.69, 9.17) is 4.74 Å².